The summed E-state index contributed by atoms with van der Waals surface area (Å²) in [6.07, 6.45) is 0. The maximum atomic E-state index is 2.51. The maximum Gasteiger partial charge on any atom is 0.0736 e. The van der Waals surface area contributed by atoms with Gasteiger partial charge in [0.05, 0.1) is 5.41 Å². The minimum absolute atomic E-state index is 0.485. The number of nitrogens with zero attached hydrogens (tertiary/aromatic N) is 1. The van der Waals surface area contributed by atoms with Crippen LogP contribution in [0.2, 0.25) is 0 Å². The van der Waals surface area contributed by atoms with Gasteiger partial charge in [-0.25, -0.2) is 0 Å². The first-order chi connectivity index (χ1) is 27.8. The van der Waals surface area contributed by atoms with E-state index in [2.05, 4.69) is 205 Å². The molecule has 0 fully saturated rings. The van der Waals surface area contributed by atoms with Crippen LogP contribution in [0.25, 0.3) is 53.2 Å². The summed E-state index contributed by atoms with van der Waals surface area (Å²) in [6.45, 7) is 0. The van der Waals surface area contributed by atoms with Crippen molar-refractivity contribution in [3.63, 3.8) is 0 Å². The molecule has 2 aliphatic rings. The van der Waals surface area contributed by atoms with E-state index in [4.69, 9.17) is 0 Å². The van der Waals surface area contributed by atoms with Gasteiger partial charge in [0, 0.05) is 47.0 Å². The molecule has 0 atom stereocenters. The summed E-state index contributed by atoms with van der Waals surface area (Å²) in [5.74, 6) is 0. The van der Waals surface area contributed by atoms with Crippen LogP contribution < -0.4 is 4.90 Å². The molecule has 1 aromatic heterocycles. The normalized spacial score (nSPS) is 13.4. The Morgan fingerprint density at radius 3 is 1.79 bits per heavy atom. The molecule has 0 N–H and O–H groups in total. The summed E-state index contributed by atoms with van der Waals surface area (Å²) in [7, 11) is 0. The number of anilines is 3. The zero-order chi connectivity index (χ0) is 36.8. The lowest BCUT2D eigenvalue weighted by molar-refractivity contribution is 0.723. The van der Waals surface area contributed by atoms with E-state index in [9.17, 15) is 0 Å². The molecule has 1 nitrogen and oxygen atoms in total. The van der Waals surface area contributed by atoms with Crippen molar-refractivity contribution in [2.24, 2.45) is 0 Å². The van der Waals surface area contributed by atoms with Crippen molar-refractivity contribution in [1.29, 1.82) is 0 Å². The number of fused-ring (bicyclic) bond motifs is 14. The van der Waals surface area contributed by atoms with E-state index in [0.717, 1.165) is 17.1 Å². The van der Waals surface area contributed by atoms with Crippen LogP contribution >= 0.6 is 23.1 Å². The zero-order valence-corrected chi connectivity index (χ0v) is 31.9. The molecule has 3 heteroatoms. The molecule has 1 spiro atoms. The summed E-state index contributed by atoms with van der Waals surface area (Å²) >= 11 is 3.76. The smallest absolute Gasteiger partial charge is 0.0736 e. The summed E-state index contributed by atoms with van der Waals surface area (Å²) in [5, 5.41) is 5.18. The molecule has 0 saturated carbocycles. The van der Waals surface area contributed by atoms with Gasteiger partial charge in [0.15, 0.2) is 0 Å². The van der Waals surface area contributed by atoms with E-state index in [1.54, 1.807) is 0 Å². The van der Waals surface area contributed by atoms with Crippen LogP contribution in [0.5, 0.6) is 0 Å². The Kier molecular flexibility index (Phi) is 7.01. The van der Waals surface area contributed by atoms with Gasteiger partial charge in [0.25, 0.3) is 0 Å². The number of thiophene rings is 1. The average Bonchev–Trinajstić information content (AvgIpc) is 3.78. The van der Waals surface area contributed by atoms with Crippen molar-refractivity contribution in [3.05, 3.63) is 222 Å². The summed E-state index contributed by atoms with van der Waals surface area (Å²) in [6, 6.07) is 74.6. The van der Waals surface area contributed by atoms with Crippen molar-refractivity contribution in [1.82, 2.24) is 0 Å². The van der Waals surface area contributed by atoms with Crippen LogP contribution in [-0.2, 0) is 5.41 Å². The number of benzene rings is 9. The maximum absolute atomic E-state index is 2.51. The highest BCUT2D eigenvalue weighted by Gasteiger charge is 2.50. The van der Waals surface area contributed by atoms with Crippen LogP contribution in [-0.4, -0.2) is 0 Å². The van der Waals surface area contributed by atoms with E-state index >= 15 is 0 Å². The highest BCUT2D eigenvalue weighted by Crippen LogP contribution is 2.63. The van der Waals surface area contributed by atoms with Crippen LogP contribution in [0, 0.1) is 0 Å². The molecule has 12 rings (SSSR count). The van der Waals surface area contributed by atoms with E-state index in [1.165, 1.54) is 85.2 Å². The third-order valence-electron chi connectivity index (χ3n) is 11.9. The monoisotopic (exact) mass is 747 g/mol. The van der Waals surface area contributed by atoms with Crippen molar-refractivity contribution >= 4 is 71.1 Å². The van der Waals surface area contributed by atoms with Crippen LogP contribution in [0.4, 0.5) is 17.1 Å². The lowest BCUT2D eigenvalue weighted by Crippen LogP contribution is -2.32. The van der Waals surface area contributed by atoms with Gasteiger partial charge in [0.2, 0.25) is 0 Å². The van der Waals surface area contributed by atoms with Crippen molar-refractivity contribution in [2.75, 3.05) is 4.90 Å². The fraction of sp³-hybridized carbons (Fsp3) is 0.0189. The quantitative estimate of drug-likeness (QED) is 0.176. The fourth-order valence-electron chi connectivity index (χ4n) is 9.53. The van der Waals surface area contributed by atoms with Crippen molar-refractivity contribution in [3.8, 4) is 22.3 Å². The molecular weight excluding hydrogens is 715 g/mol. The Hall–Kier alpha value is -6.39. The third-order valence-corrected chi connectivity index (χ3v) is 14.2. The molecule has 9 aromatic carbocycles. The minimum Gasteiger partial charge on any atom is -0.310 e. The van der Waals surface area contributed by atoms with E-state index in [0.29, 0.717) is 0 Å². The fourth-order valence-corrected chi connectivity index (χ4v) is 11.9. The molecule has 2 heterocycles. The SMILES string of the molecule is c1ccc(-c2ccc(N(c3ccc4c(c3)C3(c5ccccc5Sc5ccccc53)c3ccc5ccccc5c3-4)c3ccc4c(c3)sc3ccccc34)cc2)cc1. The van der Waals surface area contributed by atoms with Gasteiger partial charge in [-0.3, -0.25) is 0 Å². The number of hydrogen-bond donors (Lipinski definition) is 0. The first-order valence-electron chi connectivity index (χ1n) is 19.2. The second-order valence-electron chi connectivity index (χ2n) is 14.8. The standard InChI is InChI=1S/C53H33NS2/c1-2-12-34(13-3-1)35-22-25-37(26-23-35)54(39-27-29-42-41-16-6-9-19-48(41)55-51(42)33-39)38-28-30-43-47(32-38)53(46-31-24-36-14-4-5-15-40(36)52(43)46)44-17-7-10-20-49(44)56-50-21-11-8-18-45(50)53/h1-33H. The molecule has 0 radical (unpaired) electrons. The molecule has 1 aliphatic heterocycles. The molecule has 0 saturated heterocycles. The first-order valence-corrected chi connectivity index (χ1v) is 20.8. The lowest BCUT2D eigenvalue weighted by Gasteiger charge is -2.40. The van der Waals surface area contributed by atoms with Gasteiger partial charge >= 0.3 is 0 Å². The molecule has 0 bridgehead atoms. The zero-order valence-electron chi connectivity index (χ0n) is 30.3. The van der Waals surface area contributed by atoms with E-state index in [1.807, 2.05) is 23.1 Å². The first kappa shape index (κ1) is 31.9. The van der Waals surface area contributed by atoms with E-state index < -0.39 is 5.41 Å². The van der Waals surface area contributed by atoms with Crippen molar-refractivity contribution < 1.29 is 0 Å². The highest BCUT2D eigenvalue weighted by molar-refractivity contribution is 7.99. The van der Waals surface area contributed by atoms with Gasteiger partial charge < -0.3 is 4.90 Å². The van der Waals surface area contributed by atoms with E-state index in [-0.39, 0.29) is 0 Å². The van der Waals surface area contributed by atoms with Crippen LogP contribution in [0.15, 0.2) is 210 Å². The lowest BCUT2D eigenvalue weighted by atomic mass is 9.67. The van der Waals surface area contributed by atoms with Gasteiger partial charge in [-0.15, -0.1) is 11.3 Å². The van der Waals surface area contributed by atoms with Crippen LogP contribution in [0.1, 0.15) is 22.3 Å². The molecule has 0 amide bonds. The van der Waals surface area contributed by atoms with Gasteiger partial charge in [0.1, 0.15) is 0 Å². The molecule has 1 aliphatic carbocycles. The van der Waals surface area contributed by atoms with Gasteiger partial charge in [-0.1, -0.05) is 157 Å². The molecule has 0 unspecified atom stereocenters. The Labute approximate surface area is 334 Å². The molecular formula is C53H33NS2. The predicted octanol–water partition coefficient (Wildman–Crippen LogP) is 15.2. The summed E-state index contributed by atoms with van der Waals surface area (Å²) < 4.78 is 2.61. The van der Waals surface area contributed by atoms with Gasteiger partial charge in [-0.2, -0.15) is 0 Å². The average molecular weight is 748 g/mol. The molecule has 56 heavy (non-hydrogen) atoms. The Balaban J connectivity index is 1.14. The third kappa shape index (κ3) is 4.56. The Bertz CT molecular complexity index is 3130. The number of rotatable bonds is 4. The largest absolute Gasteiger partial charge is 0.310 e. The number of hydrogen-bond acceptors (Lipinski definition) is 3. The second kappa shape index (κ2) is 12.3. The second-order valence-corrected chi connectivity index (χ2v) is 17.0. The summed E-state index contributed by atoms with van der Waals surface area (Å²) in [5.41, 5.74) is 13.4. The Morgan fingerprint density at radius 2 is 0.982 bits per heavy atom. The predicted molar refractivity (Wildman–Crippen MR) is 238 cm³/mol. The molecule has 10 aromatic rings. The highest BCUT2D eigenvalue weighted by atomic mass is 32.2. The van der Waals surface area contributed by atoms with Crippen LogP contribution in [0.3, 0.4) is 0 Å². The van der Waals surface area contributed by atoms with Gasteiger partial charge in [-0.05, 0) is 110 Å². The summed E-state index contributed by atoms with van der Waals surface area (Å²) in [4.78, 5) is 5.09. The Morgan fingerprint density at radius 1 is 0.375 bits per heavy atom. The minimum atomic E-state index is -0.485. The molecule has 262 valence electrons. The van der Waals surface area contributed by atoms with Crippen molar-refractivity contribution in [2.45, 2.75) is 15.2 Å². The topological polar surface area (TPSA) is 3.24 Å².